The Morgan fingerprint density at radius 2 is 0.920 bits per heavy atom. The third kappa shape index (κ3) is 16.9. The van der Waals surface area contributed by atoms with Crippen LogP contribution in [0.15, 0.2) is 12.7 Å². The lowest BCUT2D eigenvalue weighted by molar-refractivity contribution is 0.353. The molecule has 0 nitrogen and oxygen atoms in total. The van der Waals surface area contributed by atoms with Gasteiger partial charge in [-0.05, 0) is 18.3 Å². The summed E-state index contributed by atoms with van der Waals surface area (Å²) < 4.78 is 0. The van der Waals surface area contributed by atoms with E-state index in [4.69, 9.17) is 0 Å². The number of unbranched alkanes of at least 4 members (excludes halogenated alkanes) is 14. The first-order valence-corrected chi connectivity index (χ1v) is 11.9. The largest absolute Gasteiger partial charge is 0.103 e. The summed E-state index contributed by atoms with van der Waals surface area (Å²) in [6, 6.07) is 0. The van der Waals surface area contributed by atoms with Crippen LogP contribution in [0.3, 0.4) is 0 Å². The van der Waals surface area contributed by atoms with Crippen molar-refractivity contribution in [1.29, 1.82) is 0 Å². The molecule has 0 aliphatic heterocycles. The second-order valence-electron chi connectivity index (χ2n) is 8.40. The van der Waals surface area contributed by atoms with Crippen molar-refractivity contribution in [3.05, 3.63) is 12.7 Å². The van der Waals surface area contributed by atoms with Crippen LogP contribution in [0.2, 0.25) is 0 Å². The minimum Gasteiger partial charge on any atom is -0.103 e. The molecule has 0 N–H and O–H groups in total. The summed E-state index contributed by atoms with van der Waals surface area (Å²) in [5, 5.41) is 0. The normalized spacial score (nSPS) is 13.7. The van der Waals surface area contributed by atoms with E-state index in [0.29, 0.717) is 0 Å². The Morgan fingerprint density at radius 1 is 0.560 bits per heavy atom. The van der Waals surface area contributed by atoms with Crippen LogP contribution in [0.1, 0.15) is 136 Å². The highest BCUT2D eigenvalue weighted by molar-refractivity contribution is 4.82. The van der Waals surface area contributed by atoms with Crippen molar-refractivity contribution in [1.82, 2.24) is 0 Å². The highest BCUT2D eigenvalue weighted by atomic mass is 14.2. The molecule has 0 aliphatic rings. The molecule has 0 radical (unpaired) electrons. The van der Waals surface area contributed by atoms with E-state index in [-0.39, 0.29) is 0 Å². The molecule has 2 atom stereocenters. The molecule has 0 bridgehead atoms. The summed E-state index contributed by atoms with van der Waals surface area (Å²) in [7, 11) is 0. The molecule has 0 saturated carbocycles. The van der Waals surface area contributed by atoms with E-state index in [0.717, 1.165) is 11.8 Å². The highest BCUT2D eigenvalue weighted by Gasteiger charge is 2.13. The van der Waals surface area contributed by atoms with Crippen LogP contribution >= 0.6 is 0 Å². The van der Waals surface area contributed by atoms with Gasteiger partial charge in [-0.25, -0.2) is 0 Å². The minimum atomic E-state index is 0.754. The van der Waals surface area contributed by atoms with Gasteiger partial charge in [0.05, 0.1) is 0 Å². The average molecular weight is 351 g/mol. The Labute approximate surface area is 161 Å². The predicted molar refractivity (Wildman–Crippen MR) is 117 cm³/mol. The summed E-state index contributed by atoms with van der Waals surface area (Å²) in [5.41, 5.74) is 0. The monoisotopic (exact) mass is 350 g/mol. The average Bonchev–Trinajstić information content (AvgIpc) is 2.62. The fraction of sp³-hybridized carbons (Fsp3) is 0.920. The molecule has 2 unspecified atom stereocenters. The van der Waals surface area contributed by atoms with Crippen molar-refractivity contribution in [3.8, 4) is 0 Å². The molecule has 0 fully saturated rings. The maximum absolute atomic E-state index is 4.12. The van der Waals surface area contributed by atoms with Crippen LogP contribution in [-0.4, -0.2) is 0 Å². The lowest BCUT2D eigenvalue weighted by atomic mass is 9.85. The Hall–Kier alpha value is -0.260. The van der Waals surface area contributed by atoms with Gasteiger partial charge in [-0.1, -0.05) is 136 Å². The maximum Gasteiger partial charge on any atom is -0.0210 e. The van der Waals surface area contributed by atoms with Crippen LogP contribution in [0.25, 0.3) is 0 Å². The summed E-state index contributed by atoms with van der Waals surface area (Å²) in [6.45, 7) is 11.2. The molecule has 0 heteroatoms. The van der Waals surface area contributed by atoms with Crippen LogP contribution in [-0.2, 0) is 0 Å². The van der Waals surface area contributed by atoms with Gasteiger partial charge in [0.15, 0.2) is 0 Å². The number of rotatable bonds is 20. The summed E-state index contributed by atoms with van der Waals surface area (Å²) in [6.07, 6.45) is 27.9. The fourth-order valence-corrected chi connectivity index (χ4v) is 3.96. The molecule has 25 heavy (non-hydrogen) atoms. The minimum absolute atomic E-state index is 0.754. The Kier molecular flexibility index (Phi) is 19.8. The third-order valence-electron chi connectivity index (χ3n) is 5.94. The lowest BCUT2D eigenvalue weighted by Gasteiger charge is -2.20. The molecule has 0 aromatic rings. The zero-order valence-electron chi connectivity index (χ0n) is 18.2. The first-order valence-electron chi connectivity index (χ1n) is 11.9. The first-order chi connectivity index (χ1) is 12.3. The van der Waals surface area contributed by atoms with Crippen molar-refractivity contribution in [2.24, 2.45) is 11.8 Å². The second kappa shape index (κ2) is 20.1. The Bertz CT molecular complexity index is 255. The van der Waals surface area contributed by atoms with Crippen molar-refractivity contribution in [3.63, 3.8) is 0 Å². The standard InChI is InChI=1S/C25H50/c1-5-8-10-12-14-16-18-20-22-24(4)25(7-3)23-21-19-17-15-13-11-9-6-2/h7,24-25H,3,5-6,8-23H2,1-2,4H3. The van der Waals surface area contributed by atoms with Crippen LogP contribution < -0.4 is 0 Å². The van der Waals surface area contributed by atoms with Gasteiger partial charge in [-0.3, -0.25) is 0 Å². The van der Waals surface area contributed by atoms with Crippen LogP contribution in [0.4, 0.5) is 0 Å². The van der Waals surface area contributed by atoms with Gasteiger partial charge in [0.25, 0.3) is 0 Å². The first kappa shape index (κ1) is 24.7. The molecule has 0 amide bonds. The van der Waals surface area contributed by atoms with Crippen molar-refractivity contribution in [2.45, 2.75) is 136 Å². The van der Waals surface area contributed by atoms with Gasteiger partial charge < -0.3 is 0 Å². The van der Waals surface area contributed by atoms with Gasteiger partial charge in [0, 0.05) is 0 Å². The SMILES string of the molecule is C=CC(CCCCCCCCCC)C(C)CCCCCCCCCC. The van der Waals surface area contributed by atoms with E-state index >= 15 is 0 Å². The van der Waals surface area contributed by atoms with E-state index in [1.807, 2.05) is 0 Å². The van der Waals surface area contributed by atoms with E-state index in [1.54, 1.807) is 0 Å². The highest BCUT2D eigenvalue weighted by Crippen LogP contribution is 2.25. The molecule has 0 saturated heterocycles. The summed E-state index contributed by atoms with van der Waals surface area (Å²) >= 11 is 0. The number of hydrogen-bond donors (Lipinski definition) is 0. The van der Waals surface area contributed by atoms with Crippen LogP contribution in [0, 0.1) is 11.8 Å². The summed E-state index contributed by atoms with van der Waals surface area (Å²) in [4.78, 5) is 0. The van der Waals surface area contributed by atoms with Crippen molar-refractivity contribution in [2.75, 3.05) is 0 Å². The predicted octanol–water partition coefficient (Wildman–Crippen LogP) is 9.49. The van der Waals surface area contributed by atoms with Gasteiger partial charge in [0.2, 0.25) is 0 Å². The molecule has 0 aliphatic carbocycles. The lowest BCUT2D eigenvalue weighted by Crippen LogP contribution is -2.09. The molecule has 0 rings (SSSR count). The molecule has 150 valence electrons. The van der Waals surface area contributed by atoms with E-state index < -0.39 is 0 Å². The van der Waals surface area contributed by atoms with Gasteiger partial charge >= 0.3 is 0 Å². The van der Waals surface area contributed by atoms with E-state index in [1.165, 1.54) is 116 Å². The fourth-order valence-electron chi connectivity index (χ4n) is 3.96. The zero-order valence-corrected chi connectivity index (χ0v) is 18.2. The topological polar surface area (TPSA) is 0 Å². The maximum atomic E-state index is 4.12. The van der Waals surface area contributed by atoms with Gasteiger partial charge in [-0.2, -0.15) is 0 Å². The quantitative estimate of drug-likeness (QED) is 0.151. The van der Waals surface area contributed by atoms with Crippen LogP contribution in [0.5, 0.6) is 0 Å². The van der Waals surface area contributed by atoms with Crippen molar-refractivity contribution < 1.29 is 0 Å². The molecule has 0 spiro atoms. The number of allylic oxidation sites excluding steroid dienone is 1. The van der Waals surface area contributed by atoms with Gasteiger partial charge in [0.1, 0.15) is 0 Å². The second-order valence-corrected chi connectivity index (χ2v) is 8.40. The van der Waals surface area contributed by atoms with E-state index in [9.17, 15) is 0 Å². The molecular formula is C25H50. The molecule has 0 heterocycles. The zero-order chi connectivity index (χ0) is 18.6. The van der Waals surface area contributed by atoms with Crippen molar-refractivity contribution >= 4 is 0 Å². The van der Waals surface area contributed by atoms with E-state index in [2.05, 4.69) is 33.4 Å². The summed E-state index contributed by atoms with van der Waals surface area (Å²) in [5.74, 6) is 1.59. The molecular weight excluding hydrogens is 300 g/mol. The molecule has 0 aromatic heterocycles. The Morgan fingerprint density at radius 3 is 1.32 bits per heavy atom. The Balaban J connectivity index is 3.51. The van der Waals surface area contributed by atoms with Gasteiger partial charge in [-0.15, -0.1) is 6.58 Å². The third-order valence-corrected chi connectivity index (χ3v) is 5.94. The smallest absolute Gasteiger partial charge is 0.0210 e. The number of hydrogen-bond acceptors (Lipinski definition) is 0. The molecule has 0 aromatic carbocycles.